The molecule has 1 N–H and O–H groups in total. The zero-order valence-electron chi connectivity index (χ0n) is 21.0. The monoisotopic (exact) mass is 463 g/mol. The normalized spacial score (nSPS) is 20.3. The van der Waals surface area contributed by atoms with Crippen molar-refractivity contribution in [3.63, 3.8) is 0 Å². The summed E-state index contributed by atoms with van der Waals surface area (Å²) in [5.41, 5.74) is 7.97. The second-order valence-electron chi connectivity index (χ2n) is 10.3. The van der Waals surface area contributed by atoms with E-state index in [2.05, 4.69) is 79.2 Å². The average molecular weight is 464 g/mol. The van der Waals surface area contributed by atoms with Gasteiger partial charge in [-0.1, -0.05) is 51.0 Å². The Labute approximate surface area is 206 Å². The quantitative estimate of drug-likeness (QED) is 0.455. The predicted molar refractivity (Wildman–Crippen MR) is 146 cm³/mol. The van der Waals surface area contributed by atoms with Crippen LogP contribution in [0.1, 0.15) is 74.6 Å². The number of fused-ring (bicyclic) bond motifs is 1. The summed E-state index contributed by atoms with van der Waals surface area (Å²) in [5, 5.41) is 4.49. The minimum Gasteiger partial charge on any atom is -0.371 e. The number of nitrogens with one attached hydrogen (secondary N) is 1. The van der Waals surface area contributed by atoms with Crippen LogP contribution in [0.5, 0.6) is 0 Å². The molecular formula is C29H41N3S. The van der Waals surface area contributed by atoms with Crippen molar-refractivity contribution in [2.75, 3.05) is 23.3 Å². The van der Waals surface area contributed by atoms with Crippen LogP contribution in [0.3, 0.4) is 0 Å². The lowest BCUT2D eigenvalue weighted by Gasteiger charge is -2.40. The van der Waals surface area contributed by atoms with Crippen molar-refractivity contribution in [2.24, 2.45) is 5.92 Å². The Morgan fingerprint density at radius 2 is 1.91 bits per heavy atom. The number of rotatable bonds is 6. The van der Waals surface area contributed by atoms with Crippen LogP contribution in [0, 0.1) is 19.8 Å². The molecule has 1 saturated carbocycles. The molecule has 0 radical (unpaired) electrons. The Morgan fingerprint density at radius 1 is 1.09 bits per heavy atom. The SMILES string of the molecule is CCCN1CCCc2cc(CN(C(=S)Nc3cc(C)ccc3C)[C@@H]3CCCC[C@@H]3C)ccc21. The van der Waals surface area contributed by atoms with Crippen molar-refractivity contribution in [2.45, 2.75) is 85.2 Å². The highest BCUT2D eigenvalue weighted by Gasteiger charge is 2.29. The topological polar surface area (TPSA) is 18.5 Å². The fraction of sp³-hybridized carbons (Fsp3) is 0.552. The maximum Gasteiger partial charge on any atom is 0.173 e. The highest BCUT2D eigenvalue weighted by Crippen LogP contribution is 2.32. The van der Waals surface area contributed by atoms with E-state index in [1.807, 2.05) is 0 Å². The van der Waals surface area contributed by atoms with Gasteiger partial charge >= 0.3 is 0 Å². The van der Waals surface area contributed by atoms with Gasteiger partial charge in [0.1, 0.15) is 0 Å². The summed E-state index contributed by atoms with van der Waals surface area (Å²) >= 11 is 6.07. The molecule has 1 aliphatic heterocycles. The molecule has 3 nitrogen and oxygen atoms in total. The van der Waals surface area contributed by atoms with E-state index in [1.165, 1.54) is 79.4 Å². The van der Waals surface area contributed by atoms with Gasteiger partial charge in [0.25, 0.3) is 0 Å². The van der Waals surface area contributed by atoms with Crippen molar-refractivity contribution < 1.29 is 0 Å². The van der Waals surface area contributed by atoms with E-state index in [1.54, 1.807) is 0 Å². The lowest BCUT2D eigenvalue weighted by Crippen LogP contribution is -2.46. The first-order valence-electron chi connectivity index (χ1n) is 13.0. The fourth-order valence-electron chi connectivity index (χ4n) is 5.68. The van der Waals surface area contributed by atoms with Gasteiger partial charge in [-0.25, -0.2) is 0 Å². The molecule has 0 spiro atoms. The Bertz CT molecular complexity index is 969. The Balaban J connectivity index is 1.59. The molecule has 0 bridgehead atoms. The maximum atomic E-state index is 6.07. The fourth-order valence-corrected chi connectivity index (χ4v) is 5.99. The van der Waals surface area contributed by atoms with E-state index in [9.17, 15) is 0 Å². The van der Waals surface area contributed by atoms with Crippen LogP contribution in [0.25, 0.3) is 0 Å². The molecule has 33 heavy (non-hydrogen) atoms. The van der Waals surface area contributed by atoms with Gasteiger partial charge in [-0.2, -0.15) is 0 Å². The van der Waals surface area contributed by atoms with E-state index in [4.69, 9.17) is 12.2 Å². The summed E-state index contributed by atoms with van der Waals surface area (Å²) in [4.78, 5) is 5.06. The molecular weight excluding hydrogens is 422 g/mol. The van der Waals surface area contributed by atoms with Crippen molar-refractivity contribution >= 4 is 28.7 Å². The van der Waals surface area contributed by atoms with Crippen LogP contribution >= 0.6 is 12.2 Å². The number of anilines is 2. The molecule has 0 unspecified atom stereocenters. The van der Waals surface area contributed by atoms with E-state index < -0.39 is 0 Å². The first-order chi connectivity index (χ1) is 16.0. The molecule has 0 saturated heterocycles. The molecule has 0 amide bonds. The van der Waals surface area contributed by atoms with Gasteiger partial charge in [0, 0.05) is 37.1 Å². The number of nitrogens with zero attached hydrogens (tertiary/aromatic N) is 2. The molecule has 1 heterocycles. The molecule has 2 aliphatic rings. The van der Waals surface area contributed by atoms with Crippen LogP contribution in [-0.4, -0.2) is 29.1 Å². The first-order valence-corrected chi connectivity index (χ1v) is 13.4. The molecule has 2 aromatic carbocycles. The molecule has 4 rings (SSSR count). The van der Waals surface area contributed by atoms with Gasteiger partial charge in [0.15, 0.2) is 5.11 Å². The molecule has 4 heteroatoms. The summed E-state index contributed by atoms with van der Waals surface area (Å²) < 4.78 is 0. The number of hydrogen-bond donors (Lipinski definition) is 1. The highest BCUT2D eigenvalue weighted by molar-refractivity contribution is 7.80. The second kappa shape index (κ2) is 10.9. The van der Waals surface area contributed by atoms with Crippen LogP contribution < -0.4 is 10.2 Å². The summed E-state index contributed by atoms with van der Waals surface area (Å²) in [6, 6.07) is 14.2. The van der Waals surface area contributed by atoms with Gasteiger partial charge in [-0.15, -0.1) is 0 Å². The minimum atomic E-state index is 0.497. The number of benzene rings is 2. The maximum absolute atomic E-state index is 6.07. The van der Waals surface area contributed by atoms with Gasteiger partial charge in [0.2, 0.25) is 0 Å². The van der Waals surface area contributed by atoms with E-state index in [0.29, 0.717) is 12.0 Å². The van der Waals surface area contributed by atoms with Gasteiger partial charge < -0.3 is 15.1 Å². The van der Waals surface area contributed by atoms with Crippen molar-refractivity contribution in [1.29, 1.82) is 0 Å². The van der Waals surface area contributed by atoms with Crippen LogP contribution in [0.2, 0.25) is 0 Å². The lowest BCUT2D eigenvalue weighted by atomic mass is 9.84. The second-order valence-corrected chi connectivity index (χ2v) is 10.6. The van der Waals surface area contributed by atoms with Crippen molar-refractivity contribution in [3.05, 3.63) is 58.7 Å². The summed E-state index contributed by atoms with van der Waals surface area (Å²) in [7, 11) is 0. The molecule has 2 aromatic rings. The summed E-state index contributed by atoms with van der Waals surface area (Å²) in [6.07, 6.45) is 8.81. The third kappa shape index (κ3) is 5.71. The number of hydrogen-bond acceptors (Lipinski definition) is 2. The molecule has 1 aliphatic carbocycles. The molecule has 1 fully saturated rings. The van der Waals surface area contributed by atoms with Crippen LogP contribution in [-0.2, 0) is 13.0 Å². The van der Waals surface area contributed by atoms with E-state index in [0.717, 1.165) is 23.9 Å². The van der Waals surface area contributed by atoms with Crippen LogP contribution in [0.4, 0.5) is 11.4 Å². The minimum absolute atomic E-state index is 0.497. The Hall–Kier alpha value is -2.07. The van der Waals surface area contributed by atoms with Gasteiger partial charge in [-0.05, 0) is 98.5 Å². The average Bonchev–Trinajstić information content (AvgIpc) is 2.80. The van der Waals surface area contributed by atoms with Crippen LogP contribution in [0.15, 0.2) is 36.4 Å². The molecule has 0 aromatic heterocycles. The first kappa shape index (κ1) is 24.1. The Kier molecular flexibility index (Phi) is 7.95. The Morgan fingerprint density at radius 3 is 2.70 bits per heavy atom. The predicted octanol–water partition coefficient (Wildman–Crippen LogP) is 7.24. The lowest BCUT2D eigenvalue weighted by molar-refractivity contribution is 0.177. The van der Waals surface area contributed by atoms with Crippen molar-refractivity contribution in [3.8, 4) is 0 Å². The molecule has 178 valence electrons. The number of aryl methyl sites for hydroxylation is 3. The highest BCUT2D eigenvalue weighted by atomic mass is 32.1. The summed E-state index contributed by atoms with van der Waals surface area (Å²) in [6.45, 7) is 12.2. The standard InChI is InChI=1S/C29H41N3S/c1-5-16-31-17-8-10-25-19-24(14-15-28(25)31)20-32(27-11-7-6-9-23(27)4)29(33)30-26-18-21(2)12-13-22(26)3/h12-15,18-19,23,27H,5-11,16-17,20H2,1-4H3,(H,30,33)/t23-,27+/m0/s1. The van der Waals surface area contributed by atoms with E-state index in [-0.39, 0.29) is 0 Å². The smallest absolute Gasteiger partial charge is 0.173 e. The third-order valence-corrected chi connectivity index (χ3v) is 7.90. The van der Waals surface area contributed by atoms with Gasteiger partial charge in [0.05, 0.1) is 0 Å². The zero-order valence-corrected chi connectivity index (χ0v) is 21.8. The largest absolute Gasteiger partial charge is 0.371 e. The molecule has 2 atom stereocenters. The number of thiocarbonyl (C=S) groups is 1. The third-order valence-electron chi connectivity index (χ3n) is 7.57. The van der Waals surface area contributed by atoms with Crippen molar-refractivity contribution in [1.82, 2.24) is 4.90 Å². The zero-order chi connectivity index (χ0) is 23.4. The summed E-state index contributed by atoms with van der Waals surface area (Å²) in [5.74, 6) is 0.662. The van der Waals surface area contributed by atoms with E-state index >= 15 is 0 Å². The van der Waals surface area contributed by atoms with Gasteiger partial charge in [-0.3, -0.25) is 0 Å².